The van der Waals surface area contributed by atoms with E-state index in [0.29, 0.717) is 0 Å². The van der Waals surface area contributed by atoms with Crippen LogP contribution in [0.25, 0.3) is 120 Å². The second kappa shape index (κ2) is 11.7. The van der Waals surface area contributed by atoms with Crippen molar-refractivity contribution in [2.45, 2.75) is 13.8 Å². The largest absolute Gasteiger partial charge is 0.0620 e. The molecular weight excluding hydrogens is 673 g/mol. The van der Waals surface area contributed by atoms with Gasteiger partial charge in [0.05, 0.1) is 0 Å². The van der Waals surface area contributed by atoms with Gasteiger partial charge in [0.2, 0.25) is 0 Å². The highest BCUT2D eigenvalue weighted by Crippen LogP contribution is 2.54. The van der Waals surface area contributed by atoms with Crippen molar-refractivity contribution in [1.29, 1.82) is 0 Å². The Morgan fingerprint density at radius 2 is 0.643 bits per heavy atom. The summed E-state index contributed by atoms with van der Waals surface area (Å²) < 4.78 is 0. The molecule has 0 saturated heterocycles. The molecule has 0 unspecified atom stereocenters. The van der Waals surface area contributed by atoms with Crippen LogP contribution in [0, 0.1) is 13.8 Å². The van der Waals surface area contributed by atoms with Gasteiger partial charge in [-0.2, -0.15) is 0 Å². The molecule has 0 nitrogen and oxygen atoms in total. The lowest BCUT2D eigenvalue weighted by Gasteiger charge is -2.25. The first-order chi connectivity index (χ1) is 27.6. The number of benzene rings is 12. The van der Waals surface area contributed by atoms with Gasteiger partial charge >= 0.3 is 0 Å². The summed E-state index contributed by atoms with van der Waals surface area (Å²) in [7, 11) is 0. The topological polar surface area (TPSA) is 0 Å². The minimum absolute atomic E-state index is 1.25. The first kappa shape index (κ1) is 31.3. The van der Waals surface area contributed by atoms with Crippen molar-refractivity contribution >= 4 is 75.4 Å². The molecule has 0 heteroatoms. The molecule has 0 aliphatic rings. The Labute approximate surface area is 325 Å². The van der Waals surface area contributed by atoms with E-state index in [9.17, 15) is 0 Å². The molecule has 0 bridgehead atoms. The van der Waals surface area contributed by atoms with Crippen LogP contribution in [0.2, 0.25) is 0 Å². The third-order valence-corrected chi connectivity index (χ3v) is 12.6. The third kappa shape index (κ3) is 4.36. The summed E-state index contributed by atoms with van der Waals surface area (Å²) in [6.07, 6.45) is 0. The standard InChI is InChI=1S/C56H36/c1-33-13-3-7-19-41(33)39-29-37-25-27-48-54(46-24-12-18-36-16-6-10-22-44(36)46)50-32-40(42-20-8-4-14-34(42)2)30-38-26-28-47-53(45-23-11-17-35-15-5-9-21-43(35)45)49(31-39)51(37)55(48)56(47)52(38)50/h3-32H,1-2H3. The van der Waals surface area contributed by atoms with Gasteiger partial charge in [-0.15, -0.1) is 0 Å². The highest BCUT2D eigenvalue weighted by Gasteiger charge is 2.26. The van der Waals surface area contributed by atoms with Gasteiger partial charge in [-0.25, -0.2) is 0 Å². The highest BCUT2D eigenvalue weighted by atomic mass is 14.3. The van der Waals surface area contributed by atoms with Crippen molar-refractivity contribution in [2.75, 3.05) is 0 Å². The van der Waals surface area contributed by atoms with Crippen molar-refractivity contribution in [3.05, 3.63) is 193 Å². The fourth-order valence-corrected chi connectivity index (χ4v) is 10.1. The van der Waals surface area contributed by atoms with Crippen molar-refractivity contribution < 1.29 is 0 Å². The Balaban J connectivity index is 1.35. The van der Waals surface area contributed by atoms with E-state index in [1.165, 1.54) is 131 Å². The number of aryl methyl sites for hydroxylation is 2. The van der Waals surface area contributed by atoms with Gasteiger partial charge in [-0.1, -0.05) is 158 Å². The molecule has 12 rings (SSSR count). The Kier molecular flexibility index (Phi) is 6.57. The van der Waals surface area contributed by atoms with Crippen molar-refractivity contribution in [2.24, 2.45) is 0 Å². The zero-order chi connectivity index (χ0) is 37.1. The summed E-state index contributed by atoms with van der Waals surface area (Å²) >= 11 is 0. The Morgan fingerprint density at radius 3 is 1.11 bits per heavy atom. The molecule has 0 aliphatic carbocycles. The molecule has 0 aromatic heterocycles. The summed E-state index contributed by atoms with van der Waals surface area (Å²) in [5, 5.41) is 18.2. The van der Waals surface area contributed by atoms with Crippen LogP contribution in [0.1, 0.15) is 11.1 Å². The Morgan fingerprint density at radius 1 is 0.250 bits per heavy atom. The molecular formula is C56H36. The average Bonchev–Trinajstić information content (AvgIpc) is 3.24. The van der Waals surface area contributed by atoms with E-state index in [-0.39, 0.29) is 0 Å². The average molecular weight is 709 g/mol. The van der Waals surface area contributed by atoms with Crippen LogP contribution in [0.3, 0.4) is 0 Å². The molecule has 12 aromatic carbocycles. The molecule has 260 valence electrons. The van der Waals surface area contributed by atoms with E-state index in [2.05, 4.69) is 196 Å². The molecule has 0 amide bonds. The lowest BCUT2D eigenvalue weighted by molar-refractivity contribution is 1.46. The molecule has 0 aliphatic heterocycles. The van der Waals surface area contributed by atoms with E-state index in [0.717, 1.165) is 0 Å². The fraction of sp³-hybridized carbons (Fsp3) is 0.0357. The fourth-order valence-electron chi connectivity index (χ4n) is 10.1. The Hall–Kier alpha value is -7.02. The van der Waals surface area contributed by atoms with Crippen molar-refractivity contribution in [1.82, 2.24) is 0 Å². The maximum absolute atomic E-state index is 2.49. The minimum atomic E-state index is 1.25. The molecule has 0 saturated carbocycles. The van der Waals surface area contributed by atoms with Crippen LogP contribution in [-0.2, 0) is 0 Å². The molecule has 0 heterocycles. The molecule has 0 spiro atoms. The van der Waals surface area contributed by atoms with Crippen molar-refractivity contribution in [3.8, 4) is 44.5 Å². The van der Waals surface area contributed by atoms with E-state index in [1.807, 2.05) is 0 Å². The summed E-state index contributed by atoms with van der Waals surface area (Å²) in [5.74, 6) is 0. The maximum atomic E-state index is 2.49. The summed E-state index contributed by atoms with van der Waals surface area (Å²) in [4.78, 5) is 0. The molecule has 0 fully saturated rings. The number of fused-ring (bicyclic) bond motifs is 2. The van der Waals surface area contributed by atoms with Crippen LogP contribution < -0.4 is 0 Å². The van der Waals surface area contributed by atoms with E-state index >= 15 is 0 Å². The van der Waals surface area contributed by atoms with Gasteiger partial charge in [-0.05, 0) is 169 Å². The van der Waals surface area contributed by atoms with Crippen molar-refractivity contribution in [3.63, 3.8) is 0 Å². The number of hydrogen-bond donors (Lipinski definition) is 0. The molecule has 12 aromatic rings. The van der Waals surface area contributed by atoms with Gasteiger partial charge < -0.3 is 0 Å². The van der Waals surface area contributed by atoms with Gasteiger partial charge in [0, 0.05) is 0 Å². The third-order valence-electron chi connectivity index (χ3n) is 12.6. The molecule has 0 atom stereocenters. The van der Waals surface area contributed by atoms with Gasteiger partial charge in [0.15, 0.2) is 0 Å². The van der Waals surface area contributed by atoms with E-state index in [4.69, 9.17) is 0 Å². The smallest absolute Gasteiger partial charge is 0.000740 e. The van der Waals surface area contributed by atoms with Crippen LogP contribution in [0.5, 0.6) is 0 Å². The lowest BCUT2D eigenvalue weighted by atomic mass is 9.77. The predicted molar refractivity (Wildman–Crippen MR) is 243 cm³/mol. The van der Waals surface area contributed by atoms with E-state index < -0.39 is 0 Å². The number of hydrogen-bond acceptors (Lipinski definition) is 0. The second-order valence-corrected chi connectivity index (χ2v) is 15.7. The lowest BCUT2D eigenvalue weighted by Crippen LogP contribution is -1.97. The van der Waals surface area contributed by atoms with Crippen LogP contribution in [0.15, 0.2) is 182 Å². The zero-order valence-corrected chi connectivity index (χ0v) is 31.3. The van der Waals surface area contributed by atoms with Crippen LogP contribution in [0.4, 0.5) is 0 Å². The Bertz CT molecular complexity index is 3300. The van der Waals surface area contributed by atoms with Gasteiger partial charge in [-0.3, -0.25) is 0 Å². The molecule has 0 radical (unpaired) electrons. The summed E-state index contributed by atoms with van der Waals surface area (Å²) in [5.41, 5.74) is 12.8. The van der Waals surface area contributed by atoms with Crippen LogP contribution >= 0.6 is 0 Å². The predicted octanol–water partition coefficient (Wildman–Crippen LogP) is 15.9. The van der Waals surface area contributed by atoms with Gasteiger partial charge in [0.1, 0.15) is 0 Å². The number of rotatable bonds is 4. The monoisotopic (exact) mass is 708 g/mol. The quantitative estimate of drug-likeness (QED) is 0.126. The zero-order valence-electron chi connectivity index (χ0n) is 31.3. The second-order valence-electron chi connectivity index (χ2n) is 15.7. The summed E-state index contributed by atoms with van der Waals surface area (Å²) in [6, 6.07) is 68.5. The van der Waals surface area contributed by atoms with Crippen LogP contribution in [-0.4, -0.2) is 0 Å². The highest BCUT2D eigenvalue weighted by molar-refractivity contribution is 6.43. The minimum Gasteiger partial charge on any atom is -0.0620 e. The van der Waals surface area contributed by atoms with E-state index in [1.54, 1.807) is 0 Å². The van der Waals surface area contributed by atoms with Gasteiger partial charge in [0.25, 0.3) is 0 Å². The SMILES string of the molecule is Cc1ccccc1-c1cc2ccc3c(-c4cccc5ccccc45)c4cc(-c5ccccc5C)cc5ccc6c(-c7cccc8ccccc78)c(c1)c2c3c6c54. The summed E-state index contributed by atoms with van der Waals surface area (Å²) in [6.45, 7) is 4.46. The first-order valence-electron chi connectivity index (χ1n) is 19.7. The molecule has 0 N–H and O–H groups in total. The normalized spacial score (nSPS) is 12.1. The molecule has 56 heavy (non-hydrogen) atoms. The first-order valence-corrected chi connectivity index (χ1v) is 19.7. The maximum Gasteiger partial charge on any atom is -0.000740 e.